The lowest BCUT2D eigenvalue weighted by atomic mass is 9.76. The highest BCUT2D eigenvalue weighted by molar-refractivity contribution is 5.74. The lowest BCUT2D eigenvalue weighted by Gasteiger charge is -2.39. The fraction of sp³-hybridized carbons (Fsp3) is 0.375. The number of aryl methyl sites for hydroxylation is 1. The van der Waals surface area contributed by atoms with Gasteiger partial charge in [-0.1, -0.05) is 24.3 Å². The van der Waals surface area contributed by atoms with Crippen molar-refractivity contribution < 1.29 is 32.5 Å². The molecule has 2 aliphatic rings. The van der Waals surface area contributed by atoms with Gasteiger partial charge in [-0.05, 0) is 67.0 Å². The third-order valence-corrected chi connectivity index (χ3v) is 8.75. The van der Waals surface area contributed by atoms with Crippen LogP contribution in [0.15, 0.2) is 60.8 Å². The Kier molecular flexibility index (Phi) is 8.23. The molecule has 1 spiro atoms. The van der Waals surface area contributed by atoms with Crippen molar-refractivity contribution in [2.24, 2.45) is 5.41 Å². The van der Waals surface area contributed by atoms with Gasteiger partial charge in [0, 0.05) is 37.5 Å². The molecule has 0 unspecified atom stereocenters. The normalized spacial score (nSPS) is 18.5. The summed E-state index contributed by atoms with van der Waals surface area (Å²) in [7, 11) is 1.56. The first kappa shape index (κ1) is 31.1. The summed E-state index contributed by atoms with van der Waals surface area (Å²) in [4.78, 5) is 21.6. The van der Waals surface area contributed by atoms with Gasteiger partial charge in [-0.2, -0.15) is 28.2 Å². The van der Waals surface area contributed by atoms with E-state index in [1.807, 2.05) is 17.0 Å². The van der Waals surface area contributed by atoms with Gasteiger partial charge in [-0.15, -0.1) is 0 Å². The molecule has 2 aromatic heterocycles. The Morgan fingerprint density at radius 1 is 1.09 bits per heavy atom. The number of piperidine rings is 1. The van der Waals surface area contributed by atoms with E-state index in [1.165, 1.54) is 16.8 Å². The molecule has 11 nitrogen and oxygen atoms in total. The summed E-state index contributed by atoms with van der Waals surface area (Å²) >= 11 is 0. The molecule has 242 valence electrons. The quantitative estimate of drug-likeness (QED) is 0.243. The topological polar surface area (TPSA) is 141 Å². The zero-order valence-corrected chi connectivity index (χ0v) is 25.3. The average molecular weight is 638 g/mol. The molecular formula is C32H34F3N7O4. The number of alkyl halides is 3. The van der Waals surface area contributed by atoms with E-state index >= 15 is 0 Å². The molecule has 46 heavy (non-hydrogen) atoms. The summed E-state index contributed by atoms with van der Waals surface area (Å²) in [5.74, 6) is -0.411. The van der Waals surface area contributed by atoms with E-state index in [1.54, 1.807) is 50.6 Å². The van der Waals surface area contributed by atoms with Gasteiger partial charge in [0.05, 0.1) is 18.5 Å². The second-order valence-electron chi connectivity index (χ2n) is 11.8. The standard InChI is InChI=1S/C32H34F3N7O4/c1-19-9-12-42(40-19)25-15-21(20-3-6-22(45-2)7-4-20)5-8-23(25)28(32(33,34)35)46-27-16-26(38-30(36)39-27)41-13-10-31(11-14-41)17-24(29(43)44)37-18-31/h3-9,12,15-16,24,28,37H,10-11,13-14,17-18H2,1-2H3,(H,43,44)(H2,36,38,39)/t24-,28+/m0/s1. The predicted octanol–water partition coefficient (Wildman–Crippen LogP) is 4.94. The number of nitrogens with one attached hydrogen (secondary N) is 1. The molecule has 2 aromatic carbocycles. The molecule has 2 aliphatic heterocycles. The summed E-state index contributed by atoms with van der Waals surface area (Å²) in [5, 5.41) is 16.9. The summed E-state index contributed by atoms with van der Waals surface area (Å²) in [6.45, 7) is 3.41. The van der Waals surface area contributed by atoms with Crippen molar-refractivity contribution in [1.82, 2.24) is 25.1 Å². The number of carboxylic acids is 1. The highest BCUT2D eigenvalue weighted by Crippen LogP contribution is 2.43. The summed E-state index contributed by atoms with van der Waals surface area (Å²) in [6.07, 6.45) is -3.71. The minimum atomic E-state index is -4.83. The molecular weight excluding hydrogens is 603 g/mol. The maximum absolute atomic E-state index is 14.8. The predicted molar refractivity (Wildman–Crippen MR) is 164 cm³/mol. The van der Waals surface area contributed by atoms with Crippen LogP contribution in [0.3, 0.4) is 0 Å². The van der Waals surface area contributed by atoms with Gasteiger partial charge in [0.15, 0.2) is 0 Å². The number of rotatable bonds is 8. The first-order valence-corrected chi connectivity index (χ1v) is 14.8. The number of aromatic nitrogens is 4. The Balaban J connectivity index is 1.30. The first-order valence-electron chi connectivity index (χ1n) is 14.8. The number of methoxy groups -OCH3 is 1. The van der Waals surface area contributed by atoms with Crippen molar-refractivity contribution in [2.75, 3.05) is 37.4 Å². The molecule has 4 N–H and O–H groups in total. The number of nitrogens with zero attached hydrogens (tertiary/aromatic N) is 5. The Labute approximate surface area is 263 Å². The van der Waals surface area contributed by atoms with Crippen molar-refractivity contribution in [1.29, 1.82) is 0 Å². The van der Waals surface area contributed by atoms with Gasteiger partial charge < -0.3 is 30.5 Å². The van der Waals surface area contributed by atoms with Gasteiger partial charge in [0.1, 0.15) is 17.6 Å². The van der Waals surface area contributed by atoms with Crippen LogP contribution in [0.25, 0.3) is 16.8 Å². The molecule has 4 aromatic rings. The van der Waals surface area contributed by atoms with E-state index in [4.69, 9.17) is 15.2 Å². The molecule has 14 heteroatoms. The number of aliphatic carboxylic acids is 1. The number of hydrogen-bond acceptors (Lipinski definition) is 9. The van der Waals surface area contributed by atoms with Gasteiger partial charge in [-0.25, -0.2) is 4.68 Å². The Morgan fingerprint density at radius 3 is 2.41 bits per heavy atom. The Morgan fingerprint density at radius 2 is 1.80 bits per heavy atom. The zero-order chi connectivity index (χ0) is 32.6. The fourth-order valence-electron chi connectivity index (χ4n) is 6.24. The van der Waals surface area contributed by atoms with Crippen LogP contribution in [-0.2, 0) is 4.79 Å². The highest BCUT2D eigenvalue weighted by Gasteiger charge is 2.46. The molecule has 2 saturated heterocycles. The number of nitrogen functional groups attached to an aromatic ring is 1. The number of benzene rings is 2. The molecule has 4 heterocycles. The minimum Gasteiger partial charge on any atom is -0.497 e. The van der Waals surface area contributed by atoms with Gasteiger partial charge in [0.2, 0.25) is 17.9 Å². The molecule has 0 bridgehead atoms. The maximum atomic E-state index is 14.8. The minimum absolute atomic E-state index is 0.155. The summed E-state index contributed by atoms with van der Waals surface area (Å²) < 4.78 is 56.7. The number of halogens is 3. The van der Waals surface area contributed by atoms with E-state index in [0.29, 0.717) is 61.7 Å². The van der Waals surface area contributed by atoms with Crippen LogP contribution in [0.1, 0.15) is 36.6 Å². The third kappa shape index (κ3) is 6.43. The van der Waals surface area contributed by atoms with Crippen LogP contribution >= 0.6 is 0 Å². The first-order chi connectivity index (χ1) is 21.9. The summed E-state index contributed by atoms with van der Waals surface area (Å²) in [5.41, 5.74) is 7.95. The number of ether oxygens (including phenoxy) is 2. The van der Waals surface area contributed by atoms with Crippen molar-refractivity contribution in [3.8, 4) is 28.4 Å². The van der Waals surface area contributed by atoms with Crippen LogP contribution in [0.4, 0.5) is 24.9 Å². The Bertz CT molecular complexity index is 1720. The fourth-order valence-corrected chi connectivity index (χ4v) is 6.24. The van der Waals surface area contributed by atoms with Gasteiger partial charge in [-0.3, -0.25) is 4.79 Å². The third-order valence-electron chi connectivity index (χ3n) is 8.75. The van der Waals surface area contributed by atoms with E-state index in [2.05, 4.69) is 20.4 Å². The lowest BCUT2D eigenvalue weighted by molar-refractivity contribution is -0.198. The van der Waals surface area contributed by atoms with Crippen LogP contribution < -0.4 is 25.4 Å². The molecule has 0 amide bonds. The van der Waals surface area contributed by atoms with E-state index in [-0.39, 0.29) is 28.5 Å². The van der Waals surface area contributed by atoms with Crippen LogP contribution in [0.5, 0.6) is 11.6 Å². The maximum Gasteiger partial charge on any atom is 0.429 e. The van der Waals surface area contributed by atoms with Crippen LogP contribution in [0.2, 0.25) is 0 Å². The monoisotopic (exact) mass is 637 g/mol. The number of carboxylic acid groups (broad SMARTS) is 1. The lowest BCUT2D eigenvalue weighted by Crippen LogP contribution is -2.41. The van der Waals surface area contributed by atoms with Crippen LogP contribution in [-0.4, -0.2) is 69.8 Å². The van der Waals surface area contributed by atoms with Crippen LogP contribution in [0, 0.1) is 12.3 Å². The van der Waals surface area contributed by atoms with E-state index < -0.39 is 24.3 Å². The second kappa shape index (κ2) is 12.2. The molecule has 0 saturated carbocycles. The molecule has 2 atom stereocenters. The second-order valence-corrected chi connectivity index (χ2v) is 11.8. The summed E-state index contributed by atoms with van der Waals surface area (Å²) in [6, 6.07) is 14.3. The number of hydrogen-bond donors (Lipinski definition) is 3. The van der Waals surface area contributed by atoms with Gasteiger partial charge in [0.25, 0.3) is 0 Å². The van der Waals surface area contributed by atoms with E-state index in [9.17, 15) is 23.1 Å². The largest absolute Gasteiger partial charge is 0.497 e. The van der Waals surface area contributed by atoms with Crippen molar-refractivity contribution >= 4 is 17.7 Å². The van der Waals surface area contributed by atoms with Gasteiger partial charge >= 0.3 is 12.1 Å². The number of anilines is 2. The average Bonchev–Trinajstić information content (AvgIpc) is 3.66. The van der Waals surface area contributed by atoms with Crippen molar-refractivity contribution in [2.45, 2.75) is 44.5 Å². The highest BCUT2D eigenvalue weighted by atomic mass is 19.4. The molecule has 0 aliphatic carbocycles. The molecule has 6 rings (SSSR count). The molecule has 0 radical (unpaired) electrons. The van der Waals surface area contributed by atoms with Crippen molar-refractivity contribution in [3.63, 3.8) is 0 Å². The molecule has 2 fully saturated rings. The van der Waals surface area contributed by atoms with Crippen molar-refractivity contribution in [3.05, 3.63) is 72.1 Å². The SMILES string of the molecule is COc1ccc(-c2ccc([C@@H](Oc3cc(N4CCC5(CC4)CN[C@H](C(=O)O)C5)nc(N)n3)C(F)(F)F)c(-n3ccc(C)n3)c2)cc1. The van der Waals surface area contributed by atoms with E-state index in [0.717, 1.165) is 5.56 Å². The number of nitrogens with two attached hydrogens (primary N) is 1. The number of carbonyl (C=O) groups is 1. The smallest absolute Gasteiger partial charge is 0.429 e. The Hall–Kier alpha value is -4.85. The zero-order valence-electron chi connectivity index (χ0n) is 25.3.